The summed E-state index contributed by atoms with van der Waals surface area (Å²) in [6.07, 6.45) is 5.12. The van der Waals surface area contributed by atoms with Gasteiger partial charge in [0.1, 0.15) is 0 Å². The minimum absolute atomic E-state index is 0.166. The lowest BCUT2D eigenvalue weighted by Gasteiger charge is -2.23. The van der Waals surface area contributed by atoms with E-state index >= 15 is 0 Å². The van der Waals surface area contributed by atoms with Gasteiger partial charge in [-0.15, -0.1) is 0 Å². The zero-order valence-corrected chi connectivity index (χ0v) is 11.2. The Kier molecular flexibility index (Phi) is 3.14. The number of hydrogen-bond acceptors (Lipinski definition) is 0. The first-order valence-electron chi connectivity index (χ1n) is 6.30. The lowest BCUT2D eigenvalue weighted by molar-refractivity contribution is 0.516. The second kappa shape index (κ2) is 4.44. The molecule has 0 aliphatic carbocycles. The van der Waals surface area contributed by atoms with Crippen molar-refractivity contribution in [2.75, 3.05) is 0 Å². The zero-order chi connectivity index (χ0) is 12.5. The summed E-state index contributed by atoms with van der Waals surface area (Å²) in [5.74, 6) is 0.569. The van der Waals surface area contributed by atoms with E-state index in [-0.39, 0.29) is 5.41 Å². The molecule has 0 unspecified atom stereocenters. The molecule has 2 aromatic heterocycles. The monoisotopic (exact) mass is 230 g/mol. The van der Waals surface area contributed by atoms with Crippen LogP contribution in [0.15, 0.2) is 30.6 Å². The Morgan fingerprint density at radius 2 is 1.94 bits per heavy atom. The summed E-state index contributed by atoms with van der Waals surface area (Å²) in [4.78, 5) is 6.66. The Hall–Kier alpha value is -1.44. The lowest BCUT2D eigenvalue weighted by atomic mass is 9.82. The van der Waals surface area contributed by atoms with E-state index in [1.165, 1.54) is 17.0 Å². The summed E-state index contributed by atoms with van der Waals surface area (Å²) in [7, 11) is 0. The van der Waals surface area contributed by atoms with Crippen LogP contribution in [0.2, 0.25) is 0 Å². The largest absolute Gasteiger partial charge is 0.367 e. The molecular weight excluding hydrogens is 208 g/mol. The van der Waals surface area contributed by atoms with E-state index in [2.05, 4.69) is 62.1 Å². The summed E-state index contributed by atoms with van der Waals surface area (Å²) in [5, 5.41) is 0. The molecule has 0 amide bonds. The van der Waals surface area contributed by atoms with Crippen LogP contribution in [-0.2, 0) is 11.8 Å². The van der Waals surface area contributed by atoms with Gasteiger partial charge in [0.2, 0.25) is 0 Å². The Morgan fingerprint density at radius 3 is 2.47 bits per heavy atom. The smallest absolute Gasteiger partial charge is 0.0175 e. The minimum Gasteiger partial charge on any atom is -0.367 e. The predicted molar refractivity (Wildman–Crippen MR) is 72.4 cm³/mol. The van der Waals surface area contributed by atoms with E-state index in [0.29, 0.717) is 5.92 Å². The van der Waals surface area contributed by atoms with Crippen LogP contribution in [0.5, 0.6) is 0 Å². The third-order valence-electron chi connectivity index (χ3n) is 3.40. The van der Waals surface area contributed by atoms with Crippen molar-refractivity contribution >= 4 is 0 Å². The van der Waals surface area contributed by atoms with E-state index in [4.69, 9.17) is 0 Å². The van der Waals surface area contributed by atoms with Crippen LogP contribution in [0.1, 0.15) is 50.6 Å². The van der Waals surface area contributed by atoms with Gasteiger partial charge in [0.05, 0.1) is 0 Å². The van der Waals surface area contributed by atoms with E-state index in [1.54, 1.807) is 0 Å². The normalized spacial score (nSPS) is 12.3. The van der Waals surface area contributed by atoms with Gasteiger partial charge in [0, 0.05) is 23.8 Å². The Balaban J connectivity index is 2.14. The second-order valence-electron chi connectivity index (χ2n) is 5.75. The van der Waals surface area contributed by atoms with E-state index < -0.39 is 0 Å². The Bertz CT molecular complexity index is 461. The summed E-state index contributed by atoms with van der Waals surface area (Å²) in [5.41, 5.74) is 4.17. The van der Waals surface area contributed by atoms with E-state index in [9.17, 15) is 0 Å². The number of rotatable bonds is 4. The Morgan fingerprint density at radius 1 is 1.18 bits per heavy atom. The summed E-state index contributed by atoms with van der Waals surface area (Å²) >= 11 is 0. The molecule has 0 spiro atoms. The molecule has 0 aliphatic rings. The third kappa shape index (κ3) is 2.63. The van der Waals surface area contributed by atoms with Crippen molar-refractivity contribution < 1.29 is 0 Å². The van der Waals surface area contributed by atoms with Gasteiger partial charge in [-0.3, -0.25) is 0 Å². The first-order chi connectivity index (χ1) is 7.99. The molecular formula is C15H22N2. The SMILES string of the molecule is CC(C)c1ccc(CC(C)(C)c2cc[nH]c2)[nH]1. The summed E-state index contributed by atoms with van der Waals surface area (Å²) in [6, 6.07) is 6.57. The molecule has 0 aromatic carbocycles. The molecule has 2 rings (SSSR count). The fourth-order valence-electron chi connectivity index (χ4n) is 2.22. The molecule has 0 saturated carbocycles. The average Bonchev–Trinajstić information content (AvgIpc) is 2.85. The molecule has 17 heavy (non-hydrogen) atoms. The maximum atomic E-state index is 3.52. The van der Waals surface area contributed by atoms with Crippen LogP contribution >= 0.6 is 0 Å². The first-order valence-corrected chi connectivity index (χ1v) is 6.30. The maximum Gasteiger partial charge on any atom is 0.0175 e. The quantitative estimate of drug-likeness (QED) is 0.796. The highest BCUT2D eigenvalue weighted by Crippen LogP contribution is 2.27. The molecule has 92 valence electrons. The molecule has 0 fully saturated rings. The van der Waals surface area contributed by atoms with Crippen LogP contribution in [0.25, 0.3) is 0 Å². The predicted octanol–water partition coefficient (Wildman–Crippen LogP) is 3.99. The number of nitrogens with one attached hydrogen (secondary N) is 2. The van der Waals surface area contributed by atoms with E-state index in [0.717, 1.165) is 6.42 Å². The van der Waals surface area contributed by atoms with Gasteiger partial charge >= 0.3 is 0 Å². The third-order valence-corrected chi connectivity index (χ3v) is 3.40. The van der Waals surface area contributed by atoms with Crippen LogP contribution in [0.4, 0.5) is 0 Å². The van der Waals surface area contributed by atoms with Crippen molar-refractivity contribution in [2.45, 2.75) is 45.4 Å². The molecule has 0 saturated heterocycles. The van der Waals surface area contributed by atoms with Gasteiger partial charge in [0.15, 0.2) is 0 Å². The van der Waals surface area contributed by atoms with Crippen LogP contribution in [-0.4, -0.2) is 9.97 Å². The topological polar surface area (TPSA) is 31.6 Å². The van der Waals surface area contributed by atoms with Gasteiger partial charge in [-0.1, -0.05) is 27.7 Å². The molecule has 2 aromatic rings. The molecule has 2 N–H and O–H groups in total. The second-order valence-corrected chi connectivity index (χ2v) is 5.75. The standard InChI is InChI=1S/C15H22N2/c1-11(2)14-6-5-13(17-14)9-15(3,4)12-7-8-16-10-12/h5-8,10-11,16-17H,9H2,1-4H3. The number of aromatic nitrogens is 2. The molecule has 0 aliphatic heterocycles. The van der Waals surface area contributed by atoms with Gasteiger partial charge < -0.3 is 9.97 Å². The molecule has 2 nitrogen and oxygen atoms in total. The zero-order valence-electron chi connectivity index (χ0n) is 11.2. The maximum absolute atomic E-state index is 3.52. The van der Waals surface area contributed by atoms with Crippen molar-refractivity contribution in [3.8, 4) is 0 Å². The number of H-pyrrole nitrogens is 2. The van der Waals surface area contributed by atoms with Crippen LogP contribution < -0.4 is 0 Å². The van der Waals surface area contributed by atoms with Crippen LogP contribution in [0.3, 0.4) is 0 Å². The molecule has 2 heterocycles. The fraction of sp³-hybridized carbons (Fsp3) is 0.467. The lowest BCUT2D eigenvalue weighted by Crippen LogP contribution is -2.20. The average molecular weight is 230 g/mol. The van der Waals surface area contributed by atoms with Gasteiger partial charge in [-0.25, -0.2) is 0 Å². The van der Waals surface area contributed by atoms with Crippen molar-refractivity contribution in [2.24, 2.45) is 0 Å². The Labute approximate surface area is 103 Å². The molecule has 2 heteroatoms. The number of hydrogen-bond donors (Lipinski definition) is 2. The highest BCUT2D eigenvalue weighted by Gasteiger charge is 2.22. The summed E-state index contributed by atoms with van der Waals surface area (Å²) in [6.45, 7) is 9.00. The van der Waals surface area contributed by atoms with Crippen molar-refractivity contribution in [3.63, 3.8) is 0 Å². The van der Waals surface area contributed by atoms with Crippen molar-refractivity contribution in [1.29, 1.82) is 0 Å². The highest BCUT2D eigenvalue weighted by atomic mass is 14.7. The van der Waals surface area contributed by atoms with Gasteiger partial charge in [-0.05, 0) is 41.5 Å². The molecule has 0 radical (unpaired) electrons. The molecule has 0 atom stereocenters. The van der Waals surface area contributed by atoms with Crippen molar-refractivity contribution in [3.05, 3.63) is 47.5 Å². The highest BCUT2D eigenvalue weighted by molar-refractivity contribution is 5.25. The van der Waals surface area contributed by atoms with E-state index in [1.807, 2.05) is 6.20 Å². The van der Waals surface area contributed by atoms with Gasteiger partial charge in [-0.2, -0.15) is 0 Å². The molecule has 0 bridgehead atoms. The summed E-state index contributed by atoms with van der Waals surface area (Å²) < 4.78 is 0. The van der Waals surface area contributed by atoms with Gasteiger partial charge in [0.25, 0.3) is 0 Å². The van der Waals surface area contributed by atoms with Crippen molar-refractivity contribution in [1.82, 2.24) is 9.97 Å². The minimum atomic E-state index is 0.166. The first kappa shape index (κ1) is 12.0. The number of aromatic amines is 2. The van der Waals surface area contributed by atoms with Crippen LogP contribution in [0, 0.1) is 0 Å². The fourth-order valence-corrected chi connectivity index (χ4v) is 2.22.